The minimum absolute atomic E-state index is 0.799. The summed E-state index contributed by atoms with van der Waals surface area (Å²) in [4.78, 5) is 1.14. The van der Waals surface area contributed by atoms with Crippen molar-refractivity contribution in [3.63, 3.8) is 0 Å². The summed E-state index contributed by atoms with van der Waals surface area (Å²) in [5.41, 5.74) is 6.25. The van der Waals surface area contributed by atoms with E-state index in [4.69, 9.17) is 5.73 Å². The van der Waals surface area contributed by atoms with Gasteiger partial charge in [-0.25, -0.2) is 0 Å². The second-order valence-electron chi connectivity index (χ2n) is 1.71. The lowest BCUT2D eigenvalue weighted by molar-refractivity contribution is 1.47. The van der Waals surface area contributed by atoms with E-state index in [-0.39, 0.29) is 0 Å². The highest BCUT2D eigenvalue weighted by Crippen LogP contribution is 2.03. The average molecular weight is 138 g/mol. The first-order valence-corrected chi connectivity index (χ1v) is 3.59. The summed E-state index contributed by atoms with van der Waals surface area (Å²) in [6.07, 6.45) is 0. The fourth-order valence-electron chi connectivity index (χ4n) is 0.564. The third-order valence-electron chi connectivity index (χ3n) is 1.05. The minimum Gasteiger partial charge on any atom is -0.399 e. The van der Waals surface area contributed by atoms with Crippen molar-refractivity contribution in [2.75, 3.05) is 5.73 Å². The highest BCUT2D eigenvalue weighted by atomic mass is 32.1. The summed E-state index contributed by atoms with van der Waals surface area (Å²) in [6, 6.07) is 7.64. The highest BCUT2D eigenvalue weighted by molar-refractivity contribution is 7.76. The predicted molar refractivity (Wildman–Crippen MR) is 43.6 cm³/mol. The second kappa shape index (κ2) is 2.60. The third kappa shape index (κ3) is 1.50. The van der Waals surface area contributed by atoms with Crippen LogP contribution in [0.3, 0.4) is 0 Å². The Morgan fingerprint density at radius 3 is 2.22 bits per heavy atom. The van der Waals surface area contributed by atoms with Crippen molar-refractivity contribution < 1.29 is 0 Å². The summed E-state index contributed by atoms with van der Waals surface area (Å²) in [7, 11) is 0. The molecule has 2 heteroatoms. The van der Waals surface area contributed by atoms with Crippen LogP contribution < -0.4 is 5.73 Å². The number of anilines is 1. The molecule has 0 atom stereocenters. The van der Waals surface area contributed by atoms with Crippen molar-refractivity contribution in [2.45, 2.75) is 4.90 Å². The topological polar surface area (TPSA) is 26.0 Å². The second-order valence-corrected chi connectivity index (χ2v) is 2.47. The predicted octanol–water partition coefficient (Wildman–Crippen LogP) is 1.14. The molecule has 0 radical (unpaired) electrons. The van der Waals surface area contributed by atoms with E-state index in [9.17, 15) is 0 Å². The van der Waals surface area contributed by atoms with Crippen molar-refractivity contribution in [1.29, 1.82) is 0 Å². The van der Waals surface area contributed by atoms with Gasteiger partial charge in [-0.1, -0.05) is 0 Å². The molecule has 1 nitrogen and oxygen atoms in total. The van der Waals surface area contributed by atoms with Crippen LogP contribution in [0.5, 0.6) is 0 Å². The molecule has 1 aromatic carbocycles. The number of hydrogen-bond acceptors (Lipinski definition) is 1. The van der Waals surface area contributed by atoms with Gasteiger partial charge in [0.05, 0.1) is 0 Å². The molecule has 0 aromatic heterocycles. The number of benzene rings is 1. The monoisotopic (exact) mass is 138 g/mol. The fourth-order valence-corrected chi connectivity index (χ4v) is 0.893. The standard InChI is InChI=1S/C7H8NS/c1-9-7-4-2-6(8)3-5-7/h2-5H,1,8H2/q+1. The van der Waals surface area contributed by atoms with Gasteiger partial charge < -0.3 is 5.73 Å². The van der Waals surface area contributed by atoms with Gasteiger partial charge in [-0.15, -0.1) is 0 Å². The van der Waals surface area contributed by atoms with Crippen LogP contribution in [0, 0.1) is 0 Å². The largest absolute Gasteiger partial charge is 0.399 e. The third-order valence-corrected chi connectivity index (χ3v) is 1.65. The van der Waals surface area contributed by atoms with Gasteiger partial charge in [0.1, 0.15) is 0 Å². The molecular weight excluding hydrogens is 130 g/mol. The van der Waals surface area contributed by atoms with Gasteiger partial charge in [0.15, 0.2) is 5.87 Å². The van der Waals surface area contributed by atoms with Crippen LogP contribution in [0.25, 0.3) is 0 Å². The molecule has 0 unspecified atom stereocenters. The Kier molecular flexibility index (Phi) is 1.80. The van der Waals surface area contributed by atoms with Gasteiger partial charge in [0, 0.05) is 17.8 Å². The minimum atomic E-state index is 0.799. The van der Waals surface area contributed by atoms with E-state index in [0.717, 1.165) is 10.6 Å². The van der Waals surface area contributed by atoms with Crippen LogP contribution in [0.4, 0.5) is 5.69 Å². The molecule has 46 valence electrons. The lowest BCUT2D eigenvalue weighted by Crippen LogP contribution is -1.82. The van der Waals surface area contributed by atoms with E-state index >= 15 is 0 Å². The Bertz CT molecular complexity index is 203. The maximum Gasteiger partial charge on any atom is 0.230 e. The smallest absolute Gasteiger partial charge is 0.230 e. The van der Waals surface area contributed by atoms with Crippen LogP contribution in [-0.2, 0) is 11.4 Å². The van der Waals surface area contributed by atoms with E-state index in [1.165, 1.54) is 11.4 Å². The lowest BCUT2D eigenvalue weighted by Gasteiger charge is -1.84. The van der Waals surface area contributed by atoms with Crippen LogP contribution in [-0.4, -0.2) is 5.87 Å². The van der Waals surface area contributed by atoms with E-state index in [2.05, 4.69) is 5.87 Å². The molecule has 0 amide bonds. The first-order valence-electron chi connectivity index (χ1n) is 2.60. The Balaban J connectivity index is 3.01. The molecule has 2 N–H and O–H groups in total. The van der Waals surface area contributed by atoms with Gasteiger partial charge >= 0.3 is 0 Å². The van der Waals surface area contributed by atoms with E-state index in [1.807, 2.05) is 24.3 Å². The van der Waals surface area contributed by atoms with Crippen LogP contribution in [0.2, 0.25) is 0 Å². The summed E-state index contributed by atoms with van der Waals surface area (Å²) >= 11 is 1.47. The van der Waals surface area contributed by atoms with Gasteiger partial charge in [-0.2, -0.15) is 0 Å². The van der Waals surface area contributed by atoms with E-state index in [0.29, 0.717) is 0 Å². The maximum atomic E-state index is 5.45. The number of hydrogen-bond donors (Lipinski definition) is 1. The fraction of sp³-hybridized carbons (Fsp3) is 0. The molecule has 0 spiro atoms. The molecule has 0 aliphatic heterocycles. The molecular formula is C7H8NS+. The summed E-state index contributed by atoms with van der Waals surface area (Å²) in [5.74, 6) is 3.66. The molecule has 1 rings (SSSR count). The molecule has 9 heavy (non-hydrogen) atoms. The Morgan fingerprint density at radius 2 is 1.78 bits per heavy atom. The quantitative estimate of drug-likeness (QED) is 0.351. The lowest BCUT2D eigenvalue weighted by atomic mass is 10.3. The van der Waals surface area contributed by atoms with Gasteiger partial charge in [-0.3, -0.25) is 0 Å². The average Bonchev–Trinajstić information content (AvgIpc) is 1.90. The van der Waals surface area contributed by atoms with Crippen LogP contribution in [0.1, 0.15) is 0 Å². The first-order chi connectivity index (χ1) is 4.33. The highest BCUT2D eigenvalue weighted by Gasteiger charge is 1.94. The Morgan fingerprint density at radius 1 is 1.22 bits per heavy atom. The maximum absolute atomic E-state index is 5.45. The van der Waals surface area contributed by atoms with Crippen molar-refractivity contribution in [1.82, 2.24) is 0 Å². The van der Waals surface area contributed by atoms with E-state index in [1.54, 1.807) is 0 Å². The van der Waals surface area contributed by atoms with Gasteiger partial charge in [0.25, 0.3) is 0 Å². The van der Waals surface area contributed by atoms with Crippen LogP contribution in [0.15, 0.2) is 29.2 Å². The van der Waals surface area contributed by atoms with Gasteiger partial charge in [-0.05, 0) is 12.1 Å². The zero-order chi connectivity index (χ0) is 6.69. The van der Waals surface area contributed by atoms with Crippen molar-refractivity contribution in [3.8, 4) is 0 Å². The first kappa shape index (κ1) is 6.23. The molecule has 0 bridgehead atoms. The molecule has 0 saturated heterocycles. The molecule has 0 saturated carbocycles. The Hall–Kier alpha value is -0.890. The molecule has 1 aromatic rings. The summed E-state index contributed by atoms with van der Waals surface area (Å²) in [6.45, 7) is 0. The van der Waals surface area contributed by atoms with Crippen LogP contribution >= 0.6 is 0 Å². The summed E-state index contributed by atoms with van der Waals surface area (Å²) in [5, 5.41) is 0. The normalized spacial score (nSPS) is 8.89. The zero-order valence-electron chi connectivity index (χ0n) is 5.00. The van der Waals surface area contributed by atoms with Crippen molar-refractivity contribution in [2.24, 2.45) is 0 Å². The SMILES string of the molecule is C=[S+]c1ccc(N)cc1. The molecule has 0 fully saturated rings. The number of nitrogens with two attached hydrogens (primary N) is 1. The number of rotatable bonds is 1. The molecule has 0 aliphatic carbocycles. The summed E-state index contributed by atoms with van der Waals surface area (Å²) < 4.78 is 0. The van der Waals surface area contributed by atoms with Crippen molar-refractivity contribution >= 4 is 22.9 Å². The van der Waals surface area contributed by atoms with Gasteiger partial charge in [0.2, 0.25) is 16.2 Å². The zero-order valence-corrected chi connectivity index (χ0v) is 5.82. The number of nitrogen functional groups attached to an aromatic ring is 1. The molecule has 0 aliphatic rings. The molecule has 0 heterocycles. The van der Waals surface area contributed by atoms with E-state index < -0.39 is 0 Å². The van der Waals surface area contributed by atoms with Crippen molar-refractivity contribution in [3.05, 3.63) is 24.3 Å². The Labute approximate surface area is 58.5 Å².